The topological polar surface area (TPSA) is 85.0 Å². The first-order valence-electron chi connectivity index (χ1n) is 11.2. The molecule has 0 bridgehead atoms. The number of fused-ring (bicyclic) bond motifs is 1. The van der Waals surface area contributed by atoms with Gasteiger partial charge in [-0.05, 0) is 56.5 Å². The van der Waals surface area contributed by atoms with Gasteiger partial charge >= 0.3 is 0 Å². The van der Waals surface area contributed by atoms with Crippen LogP contribution >= 0.6 is 0 Å². The molecule has 5 rings (SSSR count). The average molecular weight is 465 g/mol. The van der Waals surface area contributed by atoms with Gasteiger partial charge in [-0.25, -0.2) is 4.98 Å². The third kappa shape index (κ3) is 3.97. The molecule has 1 fully saturated rings. The normalized spacial score (nSPS) is 14.5. The Morgan fingerprint density at radius 2 is 1.88 bits per heavy atom. The van der Waals surface area contributed by atoms with Crippen LogP contribution in [0.3, 0.4) is 0 Å². The minimum Gasteiger partial charge on any atom is -0.372 e. The minimum atomic E-state index is -3.84. The van der Waals surface area contributed by atoms with Crippen LogP contribution < -0.4 is 9.62 Å². The van der Waals surface area contributed by atoms with E-state index in [2.05, 4.69) is 68.6 Å². The van der Waals surface area contributed by atoms with E-state index >= 15 is 0 Å². The van der Waals surface area contributed by atoms with Crippen LogP contribution in [0.4, 0.5) is 11.4 Å². The summed E-state index contributed by atoms with van der Waals surface area (Å²) >= 11 is 0. The van der Waals surface area contributed by atoms with Crippen LogP contribution in [0.25, 0.3) is 22.2 Å². The van der Waals surface area contributed by atoms with Gasteiger partial charge in [-0.2, -0.15) is 13.5 Å². The molecule has 0 atom stereocenters. The lowest BCUT2D eigenvalue weighted by molar-refractivity contribution is 0.593. The smallest absolute Gasteiger partial charge is 0.281 e. The van der Waals surface area contributed by atoms with Gasteiger partial charge in [0, 0.05) is 56.0 Å². The second kappa shape index (κ2) is 8.22. The van der Waals surface area contributed by atoms with Crippen LogP contribution in [0.5, 0.6) is 0 Å². The minimum absolute atomic E-state index is 0.0177. The summed E-state index contributed by atoms with van der Waals surface area (Å²) in [6, 6.07) is 11.8. The molecule has 9 heteroatoms. The molecule has 0 spiro atoms. The Kier molecular flexibility index (Phi) is 5.36. The molecule has 3 aromatic heterocycles. The molecule has 8 nitrogen and oxygen atoms in total. The van der Waals surface area contributed by atoms with E-state index in [1.807, 2.05) is 0 Å². The van der Waals surface area contributed by atoms with Crippen molar-refractivity contribution in [3.8, 4) is 11.1 Å². The Labute approximate surface area is 193 Å². The Morgan fingerprint density at radius 3 is 2.58 bits per heavy atom. The largest absolute Gasteiger partial charge is 0.372 e. The summed E-state index contributed by atoms with van der Waals surface area (Å²) < 4.78 is 32.4. The van der Waals surface area contributed by atoms with Crippen molar-refractivity contribution in [2.45, 2.75) is 37.8 Å². The van der Waals surface area contributed by atoms with Crippen molar-refractivity contribution in [1.29, 1.82) is 0 Å². The van der Waals surface area contributed by atoms with Crippen LogP contribution in [-0.4, -0.2) is 40.8 Å². The molecule has 1 aliphatic rings. The van der Waals surface area contributed by atoms with Crippen molar-refractivity contribution in [3.63, 3.8) is 0 Å². The molecule has 0 amide bonds. The Hall–Kier alpha value is -3.33. The third-order valence-electron chi connectivity index (χ3n) is 6.11. The summed E-state index contributed by atoms with van der Waals surface area (Å²) in [6.45, 7) is 6.31. The number of aromatic nitrogens is 4. The molecule has 33 heavy (non-hydrogen) atoms. The molecular weight excluding hydrogens is 436 g/mol. The van der Waals surface area contributed by atoms with E-state index < -0.39 is 10.0 Å². The number of anilines is 2. The number of hydrogen-bond acceptors (Lipinski definition) is 5. The summed E-state index contributed by atoms with van der Waals surface area (Å²) in [5, 5.41) is 4.83. The molecule has 0 radical (unpaired) electrons. The number of rotatable bonds is 6. The fourth-order valence-electron chi connectivity index (χ4n) is 4.45. The van der Waals surface area contributed by atoms with Gasteiger partial charge in [-0.3, -0.25) is 9.40 Å². The van der Waals surface area contributed by atoms with Crippen LogP contribution in [0.2, 0.25) is 0 Å². The number of nitrogens with one attached hydrogen (secondary N) is 1. The molecule has 0 unspecified atom stereocenters. The van der Waals surface area contributed by atoms with Gasteiger partial charge in [0.25, 0.3) is 10.0 Å². The zero-order valence-corrected chi connectivity index (χ0v) is 19.9. The maximum absolute atomic E-state index is 13.1. The van der Waals surface area contributed by atoms with Crippen molar-refractivity contribution >= 4 is 32.4 Å². The number of aryl methyl sites for hydroxylation is 1. The zero-order valence-electron chi connectivity index (χ0n) is 19.1. The number of pyridine rings is 1. The monoisotopic (exact) mass is 464 g/mol. The van der Waals surface area contributed by atoms with E-state index in [1.54, 1.807) is 25.5 Å². The lowest BCUT2D eigenvalue weighted by Crippen LogP contribution is -2.17. The van der Waals surface area contributed by atoms with Crippen molar-refractivity contribution < 1.29 is 8.42 Å². The highest BCUT2D eigenvalue weighted by atomic mass is 32.2. The van der Waals surface area contributed by atoms with E-state index in [9.17, 15) is 8.42 Å². The third-order valence-corrected chi connectivity index (χ3v) is 7.36. The maximum Gasteiger partial charge on any atom is 0.281 e. The number of nitrogens with zero attached hydrogens (tertiary/aromatic N) is 5. The molecule has 0 saturated carbocycles. The van der Waals surface area contributed by atoms with E-state index in [1.165, 1.54) is 29.3 Å². The standard InChI is InChI=1S/C24H28N6O2S/c1-17(2)30-16-20(18-7-6-8-19(15-18)29-12-4-5-13-29)23-21(9-11-25-24(23)30)27-33(31,32)22-10-14-28(3)26-22/h6-11,14-17H,4-5,12-13H2,1-3H3,(H,25,27). The van der Waals surface area contributed by atoms with Crippen LogP contribution in [0.15, 0.2) is 60.0 Å². The molecule has 1 aliphatic heterocycles. The second-order valence-corrected chi connectivity index (χ2v) is 10.4. The molecule has 172 valence electrons. The second-order valence-electron chi connectivity index (χ2n) is 8.78. The molecule has 4 heterocycles. The van der Waals surface area contributed by atoms with Gasteiger partial charge in [-0.1, -0.05) is 12.1 Å². The molecule has 1 N–H and O–H groups in total. The predicted octanol–water partition coefficient (Wildman–Crippen LogP) is 4.42. The Bertz CT molecular complexity index is 1410. The first-order chi connectivity index (χ1) is 15.8. The number of sulfonamides is 1. The van der Waals surface area contributed by atoms with Gasteiger partial charge in [0.05, 0.1) is 11.1 Å². The zero-order chi connectivity index (χ0) is 23.2. The number of benzene rings is 1. The predicted molar refractivity (Wildman–Crippen MR) is 131 cm³/mol. The van der Waals surface area contributed by atoms with Gasteiger partial charge < -0.3 is 9.47 Å². The molecule has 4 aromatic rings. The molecule has 0 aliphatic carbocycles. The van der Waals surface area contributed by atoms with Crippen molar-refractivity contribution in [3.05, 3.63) is 55.0 Å². The lowest BCUT2D eigenvalue weighted by Gasteiger charge is -2.18. The Morgan fingerprint density at radius 1 is 1.09 bits per heavy atom. The maximum atomic E-state index is 13.1. The van der Waals surface area contributed by atoms with Crippen LogP contribution in [0.1, 0.15) is 32.7 Å². The number of hydrogen-bond donors (Lipinski definition) is 1. The van der Waals surface area contributed by atoms with Gasteiger partial charge in [-0.15, -0.1) is 0 Å². The van der Waals surface area contributed by atoms with E-state index in [0.717, 1.165) is 35.2 Å². The van der Waals surface area contributed by atoms with E-state index in [4.69, 9.17) is 0 Å². The molecule has 1 saturated heterocycles. The highest BCUT2D eigenvalue weighted by Crippen LogP contribution is 2.38. The summed E-state index contributed by atoms with van der Waals surface area (Å²) in [5.41, 5.74) is 4.41. The first kappa shape index (κ1) is 21.5. The fraction of sp³-hybridized carbons (Fsp3) is 0.333. The van der Waals surface area contributed by atoms with Crippen LogP contribution in [-0.2, 0) is 17.1 Å². The quantitative estimate of drug-likeness (QED) is 0.457. The van der Waals surface area contributed by atoms with E-state index in [0.29, 0.717) is 5.69 Å². The van der Waals surface area contributed by atoms with Crippen LogP contribution in [0, 0.1) is 0 Å². The SMILES string of the molecule is CC(C)n1cc(-c2cccc(N3CCCC3)c2)c2c(NS(=O)(=O)c3ccn(C)n3)ccnc21. The average Bonchev–Trinajstić information content (AvgIpc) is 3.54. The summed E-state index contributed by atoms with van der Waals surface area (Å²) in [7, 11) is -2.15. The highest BCUT2D eigenvalue weighted by molar-refractivity contribution is 7.92. The molecule has 1 aromatic carbocycles. The molecular formula is C24H28N6O2S. The van der Waals surface area contributed by atoms with Crippen molar-refractivity contribution in [1.82, 2.24) is 19.3 Å². The van der Waals surface area contributed by atoms with Crippen molar-refractivity contribution in [2.75, 3.05) is 22.7 Å². The van der Waals surface area contributed by atoms with E-state index in [-0.39, 0.29) is 11.1 Å². The Balaban J connectivity index is 1.66. The summed E-state index contributed by atoms with van der Waals surface area (Å²) in [5.74, 6) is 0. The van der Waals surface area contributed by atoms with Crippen molar-refractivity contribution in [2.24, 2.45) is 7.05 Å². The van der Waals surface area contributed by atoms with Gasteiger partial charge in [0.15, 0.2) is 5.03 Å². The first-order valence-corrected chi connectivity index (χ1v) is 12.7. The van der Waals surface area contributed by atoms with Gasteiger partial charge in [0.2, 0.25) is 0 Å². The fourth-order valence-corrected chi connectivity index (χ4v) is 5.49. The summed E-state index contributed by atoms with van der Waals surface area (Å²) in [4.78, 5) is 7.01. The lowest BCUT2D eigenvalue weighted by atomic mass is 10.0. The highest BCUT2D eigenvalue weighted by Gasteiger charge is 2.23. The van der Waals surface area contributed by atoms with Gasteiger partial charge in [0.1, 0.15) is 5.65 Å². The summed E-state index contributed by atoms with van der Waals surface area (Å²) in [6.07, 6.45) is 7.74.